The van der Waals surface area contributed by atoms with Gasteiger partial charge in [0.25, 0.3) is 0 Å². The van der Waals surface area contributed by atoms with E-state index in [-0.39, 0.29) is 5.60 Å². The van der Waals surface area contributed by atoms with Crippen LogP contribution in [-0.2, 0) is 4.74 Å². The molecule has 0 aromatic rings. The topological polar surface area (TPSA) is 9.23 Å². The van der Waals surface area contributed by atoms with E-state index < -0.39 is 0 Å². The van der Waals surface area contributed by atoms with E-state index in [0.29, 0.717) is 6.61 Å². The van der Waals surface area contributed by atoms with Gasteiger partial charge in [0, 0.05) is 0 Å². The van der Waals surface area contributed by atoms with Crippen molar-refractivity contribution in [2.24, 2.45) is 0 Å². The first-order valence-electron chi connectivity index (χ1n) is 5.47. The maximum atomic E-state index is 5.74. The Morgan fingerprint density at radius 2 is 1.79 bits per heavy atom. The molecule has 84 valence electrons. The summed E-state index contributed by atoms with van der Waals surface area (Å²) in [5.74, 6) is 0. The van der Waals surface area contributed by atoms with Crippen molar-refractivity contribution >= 4 is 0 Å². The molecular formula is C12H26NO+. The maximum absolute atomic E-state index is 5.74. The summed E-state index contributed by atoms with van der Waals surface area (Å²) in [5, 5.41) is 0. The Balaban J connectivity index is 4.23. The number of hydrogen-bond donors (Lipinski definition) is 0. The third-order valence-corrected chi connectivity index (χ3v) is 2.88. The molecule has 0 saturated carbocycles. The van der Waals surface area contributed by atoms with E-state index >= 15 is 0 Å². The maximum Gasteiger partial charge on any atom is 0.112 e. The summed E-state index contributed by atoms with van der Waals surface area (Å²) < 4.78 is 6.80. The van der Waals surface area contributed by atoms with E-state index in [1.807, 2.05) is 6.08 Å². The van der Waals surface area contributed by atoms with Gasteiger partial charge in [0.15, 0.2) is 0 Å². The Bertz CT molecular complexity index is 171. The smallest absolute Gasteiger partial charge is 0.112 e. The van der Waals surface area contributed by atoms with Gasteiger partial charge in [-0.2, -0.15) is 0 Å². The predicted molar refractivity (Wildman–Crippen MR) is 62.4 cm³/mol. The second kappa shape index (κ2) is 5.52. The highest BCUT2D eigenvalue weighted by Crippen LogP contribution is 2.16. The lowest BCUT2D eigenvalue weighted by atomic mass is 10.1. The monoisotopic (exact) mass is 200 g/mol. The summed E-state index contributed by atoms with van der Waals surface area (Å²) in [7, 11) is 2.28. The summed E-state index contributed by atoms with van der Waals surface area (Å²) in [4.78, 5) is 0. The summed E-state index contributed by atoms with van der Waals surface area (Å²) in [6, 6.07) is 0. The van der Waals surface area contributed by atoms with Crippen molar-refractivity contribution < 1.29 is 9.22 Å². The van der Waals surface area contributed by atoms with E-state index in [2.05, 4.69) is 41.3 Å². The van der Waals surface area contributed by atoms with E-state index in [0.717, 1.165) is 24.1 Å². The van der Waals surface area contributed by atoms with Gasteiger partial charge in [0.2, 0.25) is 0 Å². The molecule has 0 spiro atoms. The molecule has 14 heavy (non-hydrogen) atoms. The van der Waals surface area contributed by atoms with Crippen LogP contribution in [0.25, 0.3) is 0 Å². The van der Waals surface area contributed by atoms with Crippen molar-refractivity contribution in [1.29, 1.82) is 0 Å². The van der Waals surface area contributed by atoms with Crippen LogP contribution in [0.1, 0.15) is 27.7 Å². The van der Waals surface area contributed by atoms with Gasteiger partial charge < -0.3 is 9.22 Å². The number of likely N-dealkylation sites (N-methyl/N-ethyl adjacent to an activating group) is 1. The molecule has 0 radical (unpaired) electrons. The predicted octanol–water partition coefficient (Wildman–Crippen LogP) is 2.45. The largest absolute Gasteiger partial charge is 0.366 e. The van der Waals surface area contributed by atoms with Crippen molar-refractivity contribution in [3.8, 4) is 0 Å². The van der Waals surface area contributed by atoms with Crippen molar-refractivity contribution in [2.75, 3.05) is 33.3 Å². The summed E-state index contributed by atoms with van der Waals surface area (Å²) in [5.41, 5.74) is -0.0606. The van der Waals surface area contributed by atoms with Crippen LogP contribution < -0.4 is 0 Å². The molecule has 0 atom stereocenters. The lowest BCUT2D eigenvalue weighted by molar-refractivity contribution is -0.911. The summed E-state index contributed by atoms with van der Waals surface area (Å²) in [6.07, 6.45) is 1.81. The number of hydrogen-bond acceptors (Lipinski definition) is 1. The third kappa shape index (κ3) is 4.77. The highest BCUT2D eigenvalue weighted by Gasteiger charge is 2.29. The van der Waals surface area contributed by atoms with Gasteiger partial charge in [-0.25, -0.2) is 0 Å². The van der Waals surface area contributed by atoms with Crippen LogP contribution in [0.4, 0.5) is 0 Å². The van der Waals surface area contributed by atoms with Gasteiger partial charge in [-0.05, 0) is 27.7 Å². The molecule has 0 N–H and O–H groups in total. The van der Waals surface area contributed by atoms with Gasteiger partial charge in [0.1, 0.15) is 12.1 Å². The molecule has 0 aliphatic heterocycles. The van der Waals surface area contributed by atoms with Crippen LogP contribution >= 0.6 is 0 Å². The molecular weight excluding hydrogens is 174 g/mol. The molecule has 0 heterocycles. The molecule has 2 heteroatoms. The van der Waals surface area contributed by atoms with Crippen molar-refractivity contribution in [3.63, 3.8) is 0 Å². The molecule has 0 bridgehead atoms. The normalized spacial score (nSPS) is 12.9. The average Bonchev–Trinajstić information content (AvgIpc) is 2.14. The molecule has 0 aromatic carbocycles. The minimum Gasteiger partial charge on any atom is -0.366 e. The van der Waals surface area contributed by atoms with Crippen LogP contribution in [0.2, 0.25) is 0 Å². The Morgan fingerprint density at radius 3 is 2.14 bits per heavy atom. The Morgan fingerprint density at radius 1 is 1.29 bits per heavy atom. The fourth-order valence-electron chi connectivity index (χ4n) is 1.70. The van der Waals surface area contributed by atoms with Crippen molar-refractivity contribution in [2.45, 2.75) is 33.3 Å². The Kier molecular flexibility index (Phi) is 5.38. The Hall–Kier alpha value is -0.340. The highest BCUT2D eigenvalue weighted by molar-refractivity contribution is 4.72. The standard InChI is InChI=1S/C12H26NO/c1-7-10-14-12(4,5)11-13(6,8-2)9-3/h7H,1,8-11H2,2-6H3/q+1. The molecule has 0 amide bonds. The summed E-state index contributed by atoms with van der Waals surface area (Å²) >= 11 is 0. The molecule has 2 nitrogen and oxygen atoms in total. The van der Waals surface area contributed by atoms with Crippen molar-refractivity contribution in [1.82, 2.24) is 0 Å². The number of nitrogens with zero attached hydrogens (tertiary/aromatic N) is 1. The first-order chi connectivity index (χ1) is 6.39. The fraction of sp³-hybridized carbons (Fsp3) is 0.833. The Labute approximate surface area is 89.1 Å². The quantitative estimate of drug-likeness (QED) is 0.453. The first-order valence-corrected chi connectivity index (χ1v) is 5.47. The molecule has 0 saturated heterocycles. The summed E-state index contributed by atoms with van der Waals surface area (Å²) in [6.45, 7) is 16.4. The zero-order chi connectivity index (χ0) is 11.2. The number of quaternary nitrogens is 1. The van der Waals surface area contributed by atoms with Crippen LogP contribution in [0.15, 0.2) is 12.7 Å². The van der Waals surface area contributed by atoms with Crippen LogP contribution in [0.5, 0.6) is 0 Å². The average molecular weight is 200 g/mol. The highest BCUT2D eigenvalue weighted by atomic mass is 16.5. The third-order valence-electron chi connectivity index (χ3n) is 2.88. The SMILES string of the molecule is C=CCOC(C)(C)C[N+](C)(CC)CC. The molecule has 0 aliphatic carbocycles. The van der Waals surface area contributed by atoms with Gasteiger partial charge >= 0.3 is 0 Å². The zero-order valence-corrected chi connectivity index (χ0v) is 10.5. The molecule has 0 fully saturated rings. The van der Waals surface area contributed by atoms with Crippen LogP contribution in [0, 0.1) is 0 Å². The lowest BCUT2D eigenvalue weighted by Crippen LogP contribution is -2.52. The minimum absolute atomic E-state index is 0.0606. The molecule has 0 aliphatic rings. The van der Waals surface area contributed by atoms with Crippen LogP contribution in [0.3, 0.4) is 0 Å². The van der Waals surface area contributed by atoms with Gasteiger partial charge in [-0.15, -0.1) is 6.58 Å². The van der Waals surface area contributed by atoms with E-state index in [1.165, 1.54) is 0 Å². The molecule has 0 rings (SSSR count). The lowest BCUT2D eigenvalue weighted by Gasteiger charge is -2.38. The second-order valence-corrected chi connectivity index (χ2v) is 4.77. The van der Waals surface area contributed by atoms with E-state index in [4.69, 9.17) is 4.74 Å². The number of rotatable bonds is 7. The minimum atomic E-state index is -0.0606. The van der Waals surface area contributed by atoms with Gasteiger partial charge in [-0.3, -0.25) is 0 Å². The first kappa shape index (κ1) is 13.7. The van der Waals surface area contributed by atoms with E-state index in [1.54, 1.807) is 0 Å². The zero-order valence-electron chi connectivity index (χ0n) is 10.5. The van der Waals surface area contributed by atoms with Crippen LogP contribution in [-0.4, -0.2) is 43.4 Å². The molecule has 0 unspecified atom stereocenters. The molecule has 0 aromatic heterocycles. The van der Waals surface area contributed by atoms with E-state index in [9.17, 15) is 0 Å². The van der Waals surface area contributed by atoms with Crippen molar-refractivity contribution in [3.05, 3.63) is 12.7 Å². The number of ether oxygens (including phenoxy) is 1. The second-order valence-electron chi connectivity index (χ2n) is 4.77. The van der Waals surface area contributed by atoms with Gasteiger partial charge in [0.05, 0.1) is 26.7 Å². The fourth-order valence-corrected chi connectivity index (χ4v) is 1.70. The van der Waals surface area contributed by atoms with Gasteiger partial charge in [-0.1, -0.05) is 6.08 Å².